The van der Waals surface area contributed by atoms with Gasteiger partial charge in [-0.3, -0.25) is 10.1 Å². The first-order valence-electron chi connectivity index (χ1n) is 4.15. The van der Waals surface area contributed by atoms with Crippen LogP contribution in [0.2, 0.25) is 5.02 Å². The van der Waals surface area contributed by atoms with E-state index in [-0.39, 0.29) is 23.4 Å². The molecule has 1 aromatic carbocycles. The zero-order chi connectivity index (χ0) is 12.3. The van der Waals surface area contributed by atoms with Crippen molar-refractivity contribution < 1.29 is 13.3 Å². The molecule has 0 aliphatic carbocycles. The van der Waals surface area contributed by atoms with Crippen molar-refractivity contribution in [3.05, 3.63) is 38.9 Å². The van der Waals surface area contributed by atoms with Gasteiger partial charge in [0, 0.05) is 27.3 Å². The van der Waals surface area contributed by atoms with Gasteiger partial charge in [0.1, 0.15) is 0 Å². The number of halogens is 2. The van der Waals surface area contributed by atoms with Gasteiger partial charge in [-0.15, -0.1) is 0 Å². The molecule has 0 fully saturated rings. The molecular formula is C8H7Cl2NO4S. The number of benzene rings is 1. The minimum atomic E-state index is -3.67. The van der Waals surface area contributed by atoms with E-state index in [1.807, 2.05) is 0 Å². The second kappa shape index (κ2) is 4.99. The maximum Gasteiger partial charge on any atom is 0.272 e. The van der Waals surface area contributed by atoms with Crippen LogP contribution in [0.5, 0.6) is 0 Å². The number of aryl methyl sites for hydroxylation is 1. The summed E-state index contributed by atoms with van der Waals surface area (Å²) in [6, 6.07) is 3.97. The lowest BCUT2D eigenvalue weighted by Gasteiger charge is -2.02. The van der Waals surface area contributed by atoms with Crippen molar-refractivity contribution in [2.45, 2.75) is 6.42 Å². The molecule has 0 unspecified atom stereocenters. The van der Waals surface area contributed by atoms with Crippen LogP contribution in [0.15, 0.2) is 18.2 Å². The Hall–Kier alpha value is -0.850. The van der Waals surface area contributed by atoms with Crippen molar-refractivity contribution in [3.8, 4) is 0 Å². The number of nitro groups is 1. The lowest BCUT2D eigenvalue weighted by atomic mass is 10.1. The van der Waals surface area contributed by atoms with Crippen LogP contribution in [0.1, 0.15) is 5.56 Å². The molecule has 0 heterocycles. The van der Waals surface area contributed by atoms with E-state index < -0.39 is 14.0 Å². The summed E-state index contributed by atoms with van der Waals surface area (Å²) in [5, 5.41) is 11.0. The van der Waals surface area contributed by atoms with Crippen LogP contribution in [-0.2, 0) is 15.5 Å². The number of nitro benzene ring substituents is 1. The summed E-state index contributed by atoms with van der Waals surface area (Å²) in [6.45, 7) is 0. The van der Waals surface area contributed by atoms with Crippen LogP contribution < -0.4 is 0 Å². The van der Waals surface area contributed by atoms with Gasteiger partial charge in [0.05, 0.1) is 10.7 Å². The fourth-order valence-electron chi connectivity index (χ4n) is 1.16. The minimum Gasteiger partial charge on any atom is -0.258 e. The van der Waals surface area contributed by atoms with Crippen molar-refractivity contribution in [3.63, 3.8) is 0 Å². The Labute approximate surface area is 102 Å². The average molecular weight is 284 g/mol. The van der Waals surface area contributed by atoms with Crippen LogP contribution in [-0.4, -0.2) is 19.1 Å². The number of hydrogen-bond acceptors (Lipinski definition) is 4. The van der Waals surface area contributed by atoms with Gasteiger partial charge in [0.15, 0.2) is 0 Å². The average Bonchev–Trinajstić information content (AvgIpc) is 2.13. The van der Waals surface area contributed by atoms with E-state index in [1.54, 1.807) is 0 Å². The molecule has 1 aromatic rings. The molecule has 16 heavy (non-hydrogen) atoms. The summed E-state index contributed by atoms with van der Waals surface area (Å²) in [6.07, 6.45) is -0.0390. The fourth-order valence-corrected chi connectivity index (χ4v) is 2.05. The van der Waals surface area contributed by atoms with E-state index >= 15 is 0 Å². The Morgan fingerprint density at radius 3 is 2.50 bits per heavy atom. The van der Waals surface area contributed by atoms with Crippen molar-refractivity contribution >= 4 is 37.0 Å². The van der Waals surface area contributed by atoms with Crippen molar-refractivity contribution in [2.24, 2.45) is 0 Å². The summed E-state index contributed by atoms with van der Waals surface area (Å²) in [7, 11) is 1.35. The predicted molar refractivity (Wildman–Crippen MR) is 61.5 cm³/mol. The number of hydrogen-bond donors (Lipinski definition) is 0. The zero-order valence-electron chi connectivity index (χ0n) is 7.89. The maximum absolute atomic E-state index is 10.7. The number of rotatable bonds is 4. The first-order chi connectivity index (χ1) is 7.29. The van der Waals surface area contributed by atoms with Gasteiger partial charge in [0.2, 0.25) is 9.05 Å². The van der Waals surface area contributed by atoms with E-state index in [1.165, 1.54) is 18.2 Å². The SMILES string of the molecule is O=[N+]([O-])c1ccc(Cl)cc1CCS(=O)(=O)Cl. The normalized spacial score (nSPS) is 11.4. The molecular weight excluding hydrogens is 277 g/mol. The van der Waals surface area contributed by atoms with E-state index in [0.717, 1.165) is 0 Å². The molecule has 0 saturated heterocycles. The molecule has 0 aromatic heterocycles. The molecule has 0 N–H and O–H groups in total. The van der Waals surface area contributed by atoms with Gasteiger partial charge in [-0.1, -0.05) is 11.6 Å². The Morgan fingerprint density at radius 1 is 1.38 bits per heavy atom. The van der Waals surface area contributed by atoms with E-state index in [4.69, 9.17) is 22.3 Å². The first-order valence-corrected chi connectivity index (χ1v) is 7.00. The highest BCUT2D eigenvalue weighted by Gasteiger charge is 2.16. The summed E-state index contributed by atoms with van der Waals surface area (Å²) in [4.78, 5) is 10.0. The van der Waals surface area contributed by atoms with E-state index in [0.29, 0.717) is 5.02 Å². The molecule has 5 nitrogen and oxygen atoms in total. The highest BCUT2D eigenvalue weighted by atomic mass is 35.7. The smallest absolute Gasteiger partial charge is 0.258 e. The van der Waals surface area contributed by atoms with E-state index in [9.17, 15) is 18.5 Å². The molecule has 0 aliphatic heterocycles. The highest BCUT2D eigenvalue weighted by molar-refractivity contribution is 8.13. The quantitative estimate of drug-likeness (QED) is 0.483. The van der Waals surface area contributed by atoms with Crippen LogP contribution in [0.3, 0.4) is 0 Å². The molecule has 0 aliphatic rings. The van der Waals surface area contributed by atoms with Gasteiger partial charge in [0.25, 0.3) is 5.69 Å². The Bertz CT molecular complexity index is 515. The second-order valence-electron chi connectivity index (χ2n) is 3.02. The highest BCUT2D eigenvalue weighted by Crippen LogP contribution is 2.23. The lowest BCUT2D eigenvalue weighted by Crippen LogP contribution is -2.03. The molecule has 0 bridgehead atoms. The third-order valence-electron chi connectivity index (χ3n) is 1.85. The lowest BCUT2D eigenvalue weighted by molar-refractivity contribution is -0.385. The molecule has 0 spiro atoms. The minimum absolute atomic E-state index is 0.0390. The van der Waals surface area contributed by atoms with Gasteiger partial charge in [-0.25, -0.2) is 8.42 Å². The standard InChI is InChI=1S/C8H7Cl2NO4S/c9-7-1-2-8(11(12)13)6(5-7)3-4-16(10,14)15/h1-2,5H,3-4H2. The van der Waals surface area contributed by atoms with Crippen molar-refractivity contribution in [2.75, 3.05) is 5.75 Å². The van der Waals surface area contributed by atoms with Crippen LogP contribution in [0.4, 0.5) is 5.69 Å². The van der Waals surface area contributed by atoms with Gasteiger partial charge < -0.3 is 0 Å². The predicted octanol–water partition coefficient (Wildman–Crippen LogP) is 2.36. The molecule has 0 amide bonds. The van der Waals surface area contributed by atoms with Crippen LogP contribution in [0.25, 0.3) is 0 Å². The summed E-state index contributed by atoms with van der Waals surface area (Å²) < 4.78 is 21.5. The zero-order valence-corrected chi connectivity index (χ0v) is 10.2. The van der Waals surface area contributed by atoms with Crippen LogP contribution >= 0.6 is 22.3 Å². The third-order valence-corrected chi connectivity index (χ3v) is 3.24. The Balaban J connectivity index is 3.01. The third kappa shape index (κ3) is 3.96. The maximum atomic E-state index is 10.7. The van der Waals surface area contributed by atoms with E-state index in [2.05, 4.69) is 0 Å². The van der Waals surface area contributed by atoms with Gasteiger partial charge in [-0.2, -0.15) is 0 Å². The number of nitrogens with zero attached hydrogens (tertiary/aromatic N) is 1. The fraction of sp³-hybridized carbons (Fsp3) is 0.250. The second-order valence-corrected chi connectivity index (χ2v) is 6.36. The largest absolute Gasteiger partial charge is 0.272 e. The molecule has 0 atom stereocenters. The molecule has 0 saturated carbocycles. The molecule has 0 radical (unpaired) electrons. The van der Waals surface area contributed by atoms with Gasteiger partial charge in [-0.05, 0) is 18.6 Å². The Kier molecular flexibility index (Phi) is 4.12. The summed E-state index contributed by atoms with van der Waals surface area (Å²) in [5.41, 5.74) is 0.0893. The molecule has 8 heteroatoms. The van der Waals surface area contributed by atoms with Crippen molar-refractivity contribution in [1.82, 2.24) is 0 Å². The summed E-state index contributed by atoms with van der Waals surface area (Å²) >= 11 is 5.67. The molecule has 1 rings (SSSR count). The monoisotopic (exact) mass is 283 g/mol. The van der Waals surface area contributed by atoms with Crippen molar-refractivity contribution in [1.29, 1.82) is 0 Å². The van der Waals surface area contributed by atoms with Gasteiger partial charge >= 0.3 is 0 Å². The van der Waals surface area contributed by atoms with Crippen LogP contribution in [0, 0.1) is 10.1 Å². The topological polar surface area (TPSA) is 77.3 Å². The first kappa shape index (κ1) is 13.2. The molecule has 88 valence electrons. The summed E-state index contributed by atoms with van der Waals surface area (Å²) in [5.74, 6) is -0.365. The Morgan fingerprint density at radius 2 is 2.00 bits per heavy atom.